The number of aliphatic hydroxyl groups is 1. The molecule has 0 spiro atoms. The van der Waals surface area contributed by atoms with E-state index in [2.05, 4.69) is 29.4 Å². The van der Waals surface area contributed by atoms with Crippen molar-refractivity contribution in [2.45, 2.75) is 51.7 Å². The van der Waals surface area contributed by atoms with Gasteiger partial charge in [0.1, 0.15) is 0 Å². The lowest BCUT2D eigenvalue weighted by Gasteiger charge is -2.34. The number of unbranched alkanes of at least 4 members (excludes halogenated alkanes) is 1. The van der Waals surface area contributed by atoms with Crippen LogP contribution in [0.2, 0.25) is 0 Å². The van der Waals surface area contributed by atoms with E-state index in [9.17, 15) is 9.90 Å². The molecule has 4 unspecified atom stereocenters. The largest absolute Gasteiger partial charge is 0.392 e. The zero-order valence-electron chi connectivity index (χ0n) is 14.3. The van der Waals surface area contributed by atoms with Crippen LogP contribution < -0.4 is 10.6 Å². The molecule has 1 amide bonds. The Kier molecular flexibility index (Phi) is 11.4. The molecule has 0 radical (unpaired) electrons. The predicted octanol–water partition coefficient (Wildman–Crippen LogP) is 1.43. The number of carbonyl (C=O) groups excluding carboxylic acids is 1. The first kappa shape index (κ1) is 22.9. The fourth-order valence-electron chi connectivity index (χ4n) is 3.69. The topological polar surface area (TPSA) is 64.6 Å². The van der Waals surface area contributed by atoms with Crippen molar-refractivity contribution >= 4 is 30.7 Å². The highest BCUT2D eigenvalue weighted by Gasteiger charge is 2.27. The first-order valence-electron chi connectivity index (χ1n) is 8.46. The van der Waals surface area contributed by atoms with Gasteiger partial charge in [-0.05, 0) is 44.1 Å². The van der Waals surface area contributed by atoms with E-state index >= 15 is 0 Å². The quantitative estimate of drug-likeness (QED) is 0.619. The molecule has 2 rings (SSSR count). The lowest BCUT2D eigenvalue weighted by Crippen LogP contribution is -2.41. The van der Waals surface area contributed by atoms with Crippen LogP contribution in [0.15, 0.2) is 0 Å². The molecule has 0 aromatic heterocycles. The average Bonchev–Trinajstić information content (AvgIpc) is 2.84. The van der Waals surface area contributed by atoms with Crippen LogP contribution in [0.1, 0.15) is 39.5 Å². The summed E-state index contributed by atoms with van der Waals surface area (Å²) in [5.41, 5.74) is 0. The summed E-state index contributed by atoms with van der Waals surface area (Å²) < 4.78 is 0. The number of amides is 1. The third-order valence-corrected chi connectivity index (χ3v) is 4.57. The van der Waals surface area contributed by atoms with Crippen LogP contribution in [0.3, 0.4) is 0 Å². The molecule has 2 saturated heterocycles. The summed E-state index contributed by atoms with van der Waals surface area (Å²) in [5, 5.41) is 15.4. The number of hydrogen-bond acceptors (Lipinski definition) is 4. The highest BCUT2D eigenvalue weighted by Crippen LogP contribution is 2.20. The summed E-state index contributed by atoms with van der Waals surface area (Å²) in [5.74, 6) is 1.66. The minimum absolute atomic E-state index is 0. The molecule has 23 heavy (non-hydrogen) atoms. The lowest BCUT2D eigenvalue weighted by atomic mass is 9.92. The molecular weight excluding hydrogens is 337 g/mol. The summed E-state index contributed by atoms with van der Waals surface area (Å²) in [6.45, 7) is 9.54. The Labute approximate surface area is 152 Å². The van der Waals surface area contributed by atoms with E-state index in [1.807, 2.05) is 0 Å². The van der Waals surface area contributed by atoms with Crippen molar-refractivity contribution in [3.05, 3.63) is 0 Å². The van der Waals surface area contributed by atoms with Crippen LogP contribution in [0.5, 0.6) is 0 Å². The maximum atomic E-state index is 11.8. The molecule has 0 bridgehead atoms. The number of likely N-dealkylation sites (tertiary alicyclic amines) is 1. The second-order valence-electron chi connectivity index (χ2n) is 7.05. The first-order valence-corrected chi connectivity index (χ1v) is 8.46. The zero-order chi connectivity index (χ0) is 15.2. The van der Waals surface area contributed by atoms with Gasteiger partial charge in [0.2, 0.25) is 5.91 Å². The Morgan fingerprint density at radius 2 is 1.83 bits per heavy atom. The van der Waals surface area contributed by atoms with E-state index in [0.29, 0.717) is 13.0 Å². The van der Waals surface area contributed by atoms with Gasteiger partial charge in [-0.25, -0.2) is 0 Å². The lowest BCUT2D eigenvalue weighted by molar-refractivity contribution is -0.122. The van der Waals surface area contributed by atoms with E-state index in [4.69, 9.17) is 0 Å². The predicted molar refractivity (Wildman–Crippen MR) is 98.5 cm³/mol. The number of piperidine rings is 1. The van der Waals surface area contributed by atoms with Gasteiger partial charge in [-0.15, -0.1) is 24.8 Å². The standard InChI is InChI=1S/C16H31N3O2.2ClH/c1-12-7-13(2)11-19(10-12)6-4-3-5-17-16(21)15-8-14(20)9-18-15;;/h12-15,18,20H,3-11H2,1-2H3,(H,17,21);2*1H. The van der Waals surface area contributed by atoms with Gasteiger partial charge in [-0.3, -0.25) is 4.79 Å². The molecule has 4 atom stereocenters. The number of aliphatic hydroxyl groups excluding tert-OH is 1. The Morgan fingerprint density at radius 3 is 2.39 bits per heavy atom. The van der Waals surface area contributed by atoms with E-state index in [0.717, 1.165) is 37.8 Å². The minimum atomic E-state index is -0.371. The summed E-state index contributed by atoms with van der Waals surface area (Å²) in [6.07, 6.45) is 3.69. The number of β-amino-alcohol motifs (C(OH)–C–C–N with tert-alkyl or cyclic N) is 1. The molecule has 0 aromatic carbocycles. The van der Waals surface area contributed by atoms with Crippen molar-refractivity contribution < 1.29 is 9.90 Å². The highest BCUT2D eigenvalue weighted by atomic mass is 35.5. The maximum absolute atomic E-state index is 11.8. The number of nitrogens with one attached hydrogen (secondary N) is 2. The molecule has 2 aliphatic rings. The number of hydrogen-bond donors (Lipinski definition) is 3. The van der Waals surface area contributed by atoms with Crippen LogP contribution in [-0.4, -0.2) is 60.8 Å². The minimum Gasteiger partial charge on any atom is -0.392 e. The summed E-state index contributed by atoms with van der Waals surface area (Å²) in [4.78, 5) is 14.4. The monoisotopic (exact) mass is 369 g/mol. The van der Waals surface area contributed by atoms with E-state index < -0.39 is 0 Å². The first-order chi connectivity index (χ1) is 10.0. The molecular formula is C16H33Cl2N3O2. The molecule has 138 valence electrons. The van der Waals surface area contributed by atoms with Crippen LogP contribution in [0, 0.1) is 11.8 Å². The smallest absolute Gasteiger partial charge is 0.237 e. The van der Waals surface area contributed by atoms with Crippen molar-refractivity contribution in [1.82, 2.24) is 15.5 Å². The van der Waals surface area contributed by atoms with Gasteiger partial charge in [0.15, 0.2) is 0 Å². The van der Waals surface area contributed by atoms with Crippen LogP contribution >= 0.6 is 24.8 Å². The summed E-state index contributed by atoms with van der Waals surface area (Å²) in [7, 11) is 0. The molecule has 7 heteroatoms. The summed E-state index contributed by atoms with van der Waals surface area (Å²) in [6, 6.07) is -0.205. The van der Waals surface area contributed by atoms with Gasteiger partial charge in [-0.2, -0.15) is 0 Å². The van der Waals surface area contributed by atoms with Gasteiger partial charge < -0.3 is 20.6 Å². The second-order valence-corrected chi connectivity index (χ2v) is 7.05. The van der Waals surface area contributed by atoms with Gasteiger partial charge >= 0.3 is 0 Å². The van der Waals surface area contributed by atoms with Gasteiger partial charge in [0.25, 0.3) is 0 Å². The van der Waals surface area contributed by atoms with Crippen LogP contribution in [-0.2, 0) is 4.79 Å². The zero-order valence-corrected chi connectivity index (χ0v) is 15.9. The molecule has 2 fully saturated rings. The van der Waals surface area contributed by atoms with E-state index in [1.54, 1.807) is 0 Å². The van der Waals surface area contributed by atoms with E-state index in [1.165, 1.54) is 19.5 Å². The van der Waals surface area contributed by atoms with Crippen molar-refractivity contribution in [2.24, 2.45) is 11.8 Å². The van der Waals surface area contributed by atoms with Gasteiger partial charge in [0.05, 0.1) is 12.1 Å². The number of nitrogens with zero attached hydrogens (tertiary/aromatic N) is 1. The fourth-order valence-corrected chi connectivity index (χ4v) is 3.69. The number of carbonyl (C=O) groups is 1. The molecule has 0 saturated carbocycles. The van der Waals surface area contributed by atoms with Crippen LogP contribution in [0.4, 0.5) is 0 Å². The third-order valence-electron chi connectivity index (χ3n) is 4.57. The third kappa shape index (κ3) is 8.03. The Bertz CT molecular complexity index is 337. The Morgan fingerprint density at radius 1 is 1.17 bits per heavy atom. The summed E-state index contributed by atoms with van der Waals surface area (Å²) >= 11 is 0. The Hall–Kier alpha value is -0.0700. The molecule has 5 nitrogen and oxygen atoms in total. The normalized spacial score (nSPS) is 31.1. The van der Waals surface area contributed by atoms with Crippen molar-refractivity contribution in [3.8, 4) is 0 Å². The van der Waals surface area contributed by atoms with Crippen molar-refractivity contribution in [1.29, 1.82) is 0 Å². The highest BCUT2D eigenvalue weighted by molar-refractivity contribution is 5.85. The van der Waals surface area contributed by atoms with Gasteiger partial charge in [-0.1, -0.05) is 13.8 Å². The van der Waals surface area contributed by atoms with Crippen LogP contribution in [0.25, 0.3) is 0 Å². The van der Waals surface area contributed by atoms with Gasteiger partial charge in [0, 0.05) is 26.2 Å². The van der Waals surface area contributed by atoms with Crippen molar-refractivity contribution in [3.63, 3.8) is 0 Å². The fraction of sp³-hybridized carbons (Fsp3) is 0.938. The van der Waals surface area contributed by atoms with E-state index in [-0.39, 0.29) is 42.9 Å². The second kappa shape index (κ2) is 11.5. The molecule has 2 aliphatic heterocycles. The van der Waals surface area contributed by atoms with Crippen molar-refractivity contribution in [2.75, 3.05) is 32.7 Å². The SMILES string of the molecule is CC1CC(C)CN(CCCCNC(=O)C2CC(O)CN2)C1.Cl.Cl. The Balaban J connectivity index is 0.00000242. The number of rotatable bonds is 6. The molecule has 3 N–H and O–H groups in total. The maximum Gasteiger partial charge on any atom is 0.237 e. The average molecular weight is 370 g/mol. The molecule has 2 heterocycles. The molecule has 0 aromatic rings. The molecule has 0 aliphatic carbocycles. The number of halogens is 2.